The third-order valence-corrected chi connectivity index (χ3v) is 6.03. The van der Waals surface area contributed by atoms with Gasteiger partial charge in [0.2, 0.25) is 5.79 Å². The van der Waals surface area contributed by atoms with Crippen LogP contribution in [-0.4, -0.2) is 58.9 Å². The molecule has 0 spiro atoms. The van der Waals surface area contributed by atoms with Gasteiger partial charge in [-0.3, -0.25) is 0 Å². The van der Waals surface area contributed by atoms with Gasteiger partial charge in [0, 0.05) is 17.9 Å². The number of halogens is 2. The number of hydrogen-bond acceptors (Lipinski definition) is 6. The number of aliphatic hydroxyl groups is 1. The van der Waals surface area contributed by atoms with Crippen molar-refractivity contribution in [1.82, 2.24) is 0 Å². The van der Waals surface area contributed by atoms with Crippen LogP contribution >= 0.6 is 0 Å². The van der Waals surface area contributed by atoms with Gasteiger partial charge in [-0.2, -0.15) is 8.78 Å². The van der Waals surface area contributed by atoms with Gasteiger partial charge in [-0.1, -0.05) is 6.58 Å². The topological polar surface area (TPSA) is 74.2 Å². The molecule has 3 aliphatic rings. The predicted molar refractivity (Wildman–Crippen MR) is 91.2 cm³/mol. The van der Waals surface area contributed by atoms with E-state index in [1.807, 2.05) is 0 Å². The van der Waals surface area contributed by atoms with Crippen LogP contribution in [0.5, 0.6) is 0 Å². The number of fused-ring (bicyclic) bond motifs is 2. The summed E-state index contributed by atoms with van der Waals surface area (Å²) in [5.41, 5.74) is -2.60. The zero-order valence-electron chi connectivity index (χ0n) is 16.4. The molecule has 3 saturated heterocycles. The molecule has 3 heterocycles. The van der Waals surface area contributed by atoms with Crippen molar-refractivity contribution in [2.24, 2.45) is 5.92 Å². The highest BCUT2D eigenvalue weighted by molar-refractivity contribution is 5.87. The summed E-state index contributed by atoms with van der Waals surface area (Å²) in [5.74, 6) is -6.76. The predicted octanol–water partition coefficient (Wildman–Crippen LogP) is 2.58. The molecule has 6 unspecified atom stereocenters. The van der Waals surface area contributed by atoms with Crippen LogP contribution < -0.4 is 0 Å². The lowest BCUT2D eigenvalue weighted by atomic mass is 9.77. The first-order valence-corrected chi connectivity index (χ1v) is 9.16. The first-order chi connectivity index (χ1) is 12.2. The maximum Gasteiger partial charge on any atom is 0.333 e. The minimum atomic E-state index is -3.57. The van der Waals surface area contributed by atoms with Gasteiger partial charge in [0.1, 0.15) is 6.10 Å². The summed E-state index contributed by atoms with van der Waals surface area (Å²) in [5, 5.41) is 9.86. The van der Waals surface area contributed by atoms with E-state index in [1.54, 1.807) is 20.8 Å². The molecule has 6 atom stereocenters. The Hall–Kier alpha value is -1.09. The number of hydrogen-bond donors (Lipinski definition) is 1. The van der Waals surface area contributed by atoms with Crippen LogP contribution in [0.25, 0.3) is 0 Å². The number of alkyl halides is 2. The van der Waals surface area contributed by atoms with Crippen LogP contribution in [0, 0.1) is 5.92 Å². The first-order valence-electron chi connectivity index (χ1n) is 9.16. The average molecular weight is 390 g/mol. The maximum atomic E-state index is 14.7. The highest BCUT2D eigenvalue weighted by Crippen LogP contribution is 2.52. The summed E-state index contributed by atoms with van der Waals surface area (Å²) in [6.07, 6.45) is 0.113. The number of esters is 1. The van der Waals surface area contributed by atoms with Gasteiger partial charge in [0.15, 0.2) is 5.60 Å². The largest absolute Gasteiger partial charge is 0.456 e. The molecule has 0 aliphatic carbocycles. The SMILES string of the molecule is C=C(C)C(=O)OC1CC2OC1CC2C(C)(C)OC1(C)COC(C)(O)C1(F)F. The molecule has 0 aromatic carbocycles. The van der Waals surface area contributed by atoms with Gasteiger partial charge in [-0.25, -0.2) is 4.79 Å². The van der Waals surface area contributed by atoms with E-state index in [1.165, 1.54) is 6.92 Å². The Labute approximate surface area is 157 Å². The molecule has 154 valence electrons. The fourth-order valence-corrected chi connectivity index (χ4v) is 4.41. The lowest BCUT2D eigenvalue weighted by molar-refractivity contribution is -0.302. The number of rotatable bonds is 5. The van der Waals surface area contributed by atoms with E-state index in [0.717, 1.165) is 6.92 Å². The highest BCUT2D eigenvalue weighted by Gasteiger charge is 2.71. The van der Waals surface area contributed by atoms with Crippen LogP contribution in [-0.2, 0) is 23.7 Å². The van der Waals surface area contributed by atoms with Crippen molar-refractivity contribution >= 4 is 5.97 Å². The van der Waals surface area contributed by atoms with Gasteiger partial charge in [0.25, 0.3) is 0 Å². The minimum Gasteiger partial charge on any atom is -0.456 e. The average Bonchev–Trinajstić information content (AvgIpc) is 3.16. The fraction of sp³-hybridized carbons (Fsp3) is 0.842. The molecule has 0 aromatic rings. The van der Waals surface area contributed by atoms with Crippen LogP contribution in [0.1, 0.15) is 47.5 Å². The molecule has 3 fully saturated rings. The molecule has 27 heavy (non-hydrogen) atoms. The lowest BCUT2D eigenvalue weighted by Crippen LogP contribution is -2.59. The normalized spacial score (nSPS) is 43.1. The zero-order chi connectivity index (χ0) is 20.4. The Balaban J connectivity index is 1.68. The summed E-state index contributed by atoms with van der Waals surface area (Å²) >= 11 is 0. The van der Waals surface area contributed by atoms with Crippen molar-refractivity contribution < 1.29 is 37.6 Å². The summed E-state index contributed by atoms with van der Waals surface area (Å²) in [7, 11) is 0. The maximum absolute atomic E-state index is 14.7. The molecular formula is C19H28F2O6. The van der Waals surface area contributed by atoms with E-state index in [2.05, 4.69) is 6.58 Å². The van der Waals surface area contributed by atoms with Crippen LogP contribution in [0.4, 0.5) is 8.78 Å². The molecule has 0 amide bonds. The number of carbonyl (C=O) groups excluding carboxylic acids is 1. The zero-order valence-corrected chi connectivity index (χ0v) is 16.4. The molecule has 0 saturated carbocycles. The third-order valence-electron chi connectivity index (χ3n) is 6.03. The van der Waals surface area contributed by atoms with Crippen LogP contribution in [0.2, 0.25) is 0 Å². The molecule has 6 nitrogen and oxygen atoms in total. The van der Waals surface area contributed by atoms with Gasteiger partial charge in [-0.15, -0.1) is 0 Å². The van der Waals surface area contributed by atoms with E-state index in [-0.39, 0.29) is 24.2 Å². The van der Waals surface area contributed by atoms with Crippen LogP contribution in [0.3, 0.4) is 0 Å². The Morgan fingerprint density at radius 1 is 1.26 bits per heavy atom. The quantitative estimate of drug-likeness (QED) is 0.575. The monoisotopic (exact) mass is 390 g/mol. The van der Waals surface area contributed by atoms with Gasteiger partial charge >= 0.3 is 11.9 Å². The standard InChI is InChI=1S/C19H28F2O6/c1-10(2)15(22)26-14-8-12-11(7-13(14)25-12)16(3,4)27-17(5)9-24-18(6,23)19(17,20)21/h11-14,23H,1,7-9H2,2-6H3. The van der Waals surface area contributed by atoms with Crippen molar-refractivity contribution in [3.05, 3.63) is 12.2 Å². The molecule has 3 aliphatic heterocycles. The Bertz CT molecular complexity index is 646. The van der Waals surface area contributed by atoms with E-state index in [9.17, 15) is 18.7 Å². The summed E-state index contributed by atoms with van der Waals surface area (Å²) in [6.45, 7) is 10.4. The highest BCUT2D eigenvalue weighted by atomic mass is 19.3. The second kappa shape index (κ2) is 6.20. The Morgan fingerprint density at radius 3 is 2.33 bits per heavy atom. The molecule has 0 aromatic heterocycles. The second-order valence-electron chi connectivity index (χ2n) is 8.80. The van der Waals surface area contributed by atoms with E-state index in [4.69, 9.17) is 18.9 Å². The van der Waals surface area contributed by atoms with Crippen LogP contribution in [0.15, 0.2) is 12.2 Å². The molecule has 2 bridgehead atoms. The fourth-order valence-electron chi connectivity index (χ4n) is 4.41. The summed E-state index contributed by atoms with van der Waals surface area (Å²) < 4.78 is 51.4. The van der Waals surface area contributed by atoms with Gasteiger partial charge in [0.05, 0.1) is 24.4 Å². The molecule has 8 heteroatoms. The molecule has 3 rings (SSSR count). The number of ether oxygens (including phenoxy) is 4. The van der Waals surface area contributed by atoms with E-state index < -0.39 is 35.5 Å². The lowest BCUT2D eigenvalue weighted by Gasteiger charge is -2.44. The smallest absolute Gasteiger partial charge is 0.333 e. The number of carbonyl (C=O) groups is 1. The minimum absolute atomic E-state index is 0.152. The summed E-state index contributed by atoms with van der Waals surface area (Å²) in [6, 6.07) is 0. The van der Waals surface area contributed by atoms with Crippen molar-refractivity contribution in [2.75, 3.05) is 6.61 Å². The molecule has 0 radical (unpaired) electrons. The van der Waals surface area contributed by atoms with Gasteiger partial charge < -0.3 is 24.1 Å². The van der Waals surface area contributed by atoms with Crippen molar-refractivity contribution in [3.63, 3.8) is 0 Å². The van der Waals surface area contributed by atoms with Crippen molar-refractivity contribution in [1.29, 1.82) is 0 Å². The molecule has 1 N–H and O–H groups in total. The second-order valence-corrected chi connectivity index (χ2v) is 8.80. The van der Waals surface area contributed by atoms with Crippen molar-refractivity contribution in [2.45, 2.75) is 88.7 Å². The van der Waals surface area contributed by atoms with E-state index >= 15 is 0 Å². The summed E-state index contributed by atoms with van der Waals surface area (Å²) in [4.78, 5) is 11.7. The van der Waals surface area contributed by atoms with E-state index in [0.29, 0.717) is 18.4 Å². The van der Waals surface area contributed by atoms with Crippen molar-refractivity contribution in [3.8, 4) is 0 Å². The Kier molecular flexibility index (Phi) is 4.74. The van der Waals surface area contributed by atoms with Gasteiger partial charge in [-0.05, 0) is 41.0 Å². The Morgan fingerprint density at radius 2 is 1.89 bits per heavy atom. The first kappa shape index (κ1) is 20.6. The molecular weight excluding hydrogens is 362 g/mol. The third kappa shape index (κ3) is 3.20.